The molecule has 3 amide bonds. The summed E-state index contributed by atoms with van der Waals surface area (Å²) < 4.78 is 0. The Morgan fingerprint density at radius 3 is 2.00 bits per heavy atom. The fraction of sp³-hybridized carbons (Fsp3) is 0.211. The summed E-state index contributed by atoms with van der Waals surface area (Å²) in [5.74, 6) is -0.303. The SMILES string of the molecule is N#CCCCN1C(=O)NC(c2ccccc2)(c2ccccc2)C1=O. The van der Waals surface area contributed by atoms with Crippen LogP contribution in [0.3, 0.4) is 0 Å². The smallest absolute Gasteiger partial charge is 0.315 e. The Morgan fingerprint density at radius 2 is 1.50 bits per heavy atom. The lowest BCUT2D eigenvalue weighted by molar-refractivity contribution is -0.130. The van der Waals surface area contributed by atoms with Crippen molar-refractivity contribution < 1.29 is 9.59 Å². The van der Waals surface area contributed by atoms with Gasteiger partial charge in [0.25, 0.3) is 5.91 Å². The predicted molar refractivity (Wildman–Crippen MR) is 88.8 cm³/mol. The number of amides is 3. The van der Waals surface area contributed by atoms with Gasteiger partial charge in [-0.15, -0.1) is 0 Å². The van der Waals surface area contributed by atoms with Crippen LogP contribution in [0, 0.1) is 11.3 Å². The zero-order valence-electron chi connectivity index (χ0n) is 13.1. The van der Waals surface area contributed by atoms with E-state index >= 15 is 0 Å². The molecule has 5 heteroatoms. The van der Waals surface area contributed by atoms with Crippen LogP contribution in [0.1, 0.15) is 24.0 Å². The third kappa shape index (κ3) is 2.52. The summed E-state index contributed by atoms with van der Waals surface area (Å²) in [7, 11) is 0. The second-order valence-electron chi connectivity index (χ2n) is 5.63. The number of nitrogens with zero attached hydrogens (tertiary/aromatic N) is 2. The minimum atomic E-state index is -1.22. The van der Waals surface area contributed by atoms with Crippen LogP contribution < -0.4 is 5.32 Å². The summed E-state index contributed by atoms with van der Waals surface area (Å²) in [5, 5.41) is 11.6. The van der Waals surface area contributed by atoms with Crippen LogP contribution in [0.25, 0.3) is 0 Å². The molecule has 1 fully saturated rings. The molecule has 1 aliphatic rings. The van der Waals surface area contributed by atoms with Gasteiger partial charge in [-0.25, -0.2) is 4.79 Å². The zero-order chi connectivity index (χ0) is 17.0. The van der Waals surface area contributed by atoms with Crippen molar-refractivity contribution in [2.45, 2.75) is 18.4 Å². The van der Waals surface area contributed by atoms with Gasteiger partial charge >= 0.3 is 6.03 Å². The Labute approximate surface area is 140 Å². The van der Waals surface area contributed by atoms with Crippen molar-refractivity contribution in [1.82, 2.24) is 10.2 Å². The van der Waals surface area contributed by atoms with Crippen LogP contribution in [0.15, 0.2) is 60.7 Å². The average molecular weight is 319 g/mol. The van der Waals surface area contributed by atoms with Gasteiger partial charge in [0.05, 0.1) is 6.07 Å². The van der Waals surface area contributed by atoms with E-state index < -0.39 is 11.6 Å². The second-order valence-corrected chi connectivity index (χ2v) is 5.63. The maximum atomic E-state index is 13.2. The highest BCUT2D eigenvalue weighted by atomic mass is 16.2. The quantitative estimate of drug-likeness (QED) is 0.680. The Bertz CT molecular complexity index is 742. The van der Waals surface area contributed by atoms with E-state index in [9.17, 15) is 9.59 Å². The van der Waals surface area contributed by atoms with E-state index in [1.54, 1.807) is 0 Å². The highest BCUT2D eigenvalue weighted by molar-refractivity contribution is 6.09. The first-order chi connectivity index (χ1) is 11.7. The van der Waals surface area contributed by atoms with E-state index in [0.29, 0.717) is 12.8 Å². The van der Waals surface area contributed by atoms with Gasteiger partial charge in [-0.3, -0.25) is 9.69 Å². The van der Waals surface area contributed by atoms with Crippen molar-refractivity contribution in [2.24, 2.45) is 0 Å². The molecule has 0 saturated carbocycles. The molecule has 0 atom stereocenters. The molecule has 1 saturated heterocycles. The first-order valence-electron chi connectivity index (χ1n) is 7.82. The van der Waals surface area contributed by atoms with Crippen molar-refractivity contribution in [3.8, 4) is 6.07 Å². The van der Waals surface area contributed by atoms with E-state index in [4.69, 9.17) is 5.26 Å². The van der Waals surface area contributed by atoms with Gasteiger partial charge in [-0.2, -0.15) is 5.26 Å². The molecule has 0 unspecified atom stereocenters. The van der Waals surface area contributed by atoms with Crippen LogP contribution in [-0.4, -0.2) is 23.4 Å². The normalized spacial score (nSPS) is 15.9. The number of benzene rings is 2. The van der Waals surface area contributed by atoms with E-state index in [2.05, 4.69) is 5.32 Å². The van der Waals surface area contributed by atoms with E-state index in [1.165, 1.54) is 4.90 Å². The lowest BCUT2D eigenvalue weighted by atomic mass is 9.82. The van der Waals surface area contributed by atoms with E-state index in [0.717, 1.165) is 11.1 Å². The summed E-state index contributed by atoms with van der Waals surface area (Å²) in [6.45, 7) is 0.236. The van der Waals surface area contributed by atoms with Crippen LogP contribution in [-0.2, 0) is 10.3 Å². The average Bonchev–Trinajstić information content (AvgIpc) is 2.89. The molecule has 2 aromatic rings. The predicted octanol–water partition coefficient (Wildman–Crippen LogP) is 2.79. The van der Waals surface area contributed by atoms with Crippen molar-refractivity contribution in [3.05, 3.63) is 71.8 Å². The zero-order valence-corrected chi connectivity index (χ0v) is 13.1. The molecule has 3 rings (SSSR count). The summed E-state index contributed by atoms with van der Waals surface area (Å²) in [5.41, 5.74) is 0.223. The number of hydrogen-bond donors (Lipinski definition) is 1. The number of urea groups is 1. The molecule has 0 aromatic heterocycles. The molecular formula is C19H17N3O2. The van der Waals surface area contributed by atoms with Crippen molar-refractivity contribution in [3.63, 3.8) is 0 Å². The number of rotatable bonds is 5. The minimum Gasteiger partial charge on any atom is -0.315 e. The van der Waals surface area contributed by atoms with Gasteiger partial charge < -0.3 is 5.32 Å². The van der Waals surface area contributed by atoms with Crippen molar-refractivity contribution in [1.29, 1.82) is 5.26 Å². The monoisotopic (exact) mass is 319 g/mol. The summed E-state index contributed by atoms with van der Waals surface area (Å²) in [6, 6.07) is 20.1. The standard InChI is InChI=1S/C19H17N3O2/c20-13-7-8-14-22-17(23)19(21-18(22)24,15-9-3-1-4-10-15)16-11-5-2-6-12-16/h1-6,9-12H,7-8,14H2,(H,21,24). The molecule has 1 N–H and O–H groups in total. The van der Waals surface area contributed by atoms with Crippen LogP contribution in [0.4, 0.5) is 4.79 Å². The van der Waals surface area contributed by atoms with Gasteiger partial charge in [-0.1, -0.05) is 60.7 Å². The largest absolute Gasteiger partial charge is 0.325 e. The minimum absolute atomic E-state index is 0.236. The highest BCUT2D eigenvalue weighted by Gasteiger charge is 2.53. The molecule has 24 heavy (non-hydrogen) atoms. The highest BCUT2D eigenvalue weighted by Crippen LogP contribution is 2.35. The first kappa shape index (κ1) is 15.8. The summed E-state index contributed by atoms with van der Waals surface area (Å²) >= 11 is 0. The molecule has 120 valence electrons. The van der Waals surface area contributed by atoms with Gasteiger partial charge in [0.1, 0.15) is 0 Å². The Balaban J connectivity index is 2.06. The molecule has 0 bridgehead atoms. The molecule has 1 aliphatic heterocycles. The lowest BCUT2D eigenvalue weighted by Crippen LogP contribution is -2.45. The summed E-state index contributed by atoms with van der Waals surface area (Å²) in [4.78, 5) is 26.9. The summed E-state index contributed by atoms with van der Waals surface area (Å²) in [6.07, 6.45) is 0.774. The third-order valence-corrected chi connectivity index (χ3v) is 4.19. The number of nitrogens with one attached hydrogen (secondary N) is 1. The van der Waals surface area contributed by atoms with Crippen LogP contribution in [0.2, 0.25) is 0 Å². The number of nitriles is 1. The van der Waals surface area contributed by atoms with Crippen molar-refractivity contribution in [2.75, 3.05) is 6.54 Å². The first-order valence-corrected chi connectivity index (χ1v) is 7.82. The molecule has 0 radical (unpaired) electrons. The molecular weight excluding hydrogens is 302 g/mol. The van der Waals surface area contributed by atoms with Gasteiger partial charge in [-0.05, 0) is 17.5 Å². The van der Waals surface area contributed by atoms with E-state index in [-0.39, 0.29) is 12.5 Å². The number of hydrogen-bond acceptors (Lipinski definition) is 3. The fourth-order valence-corrected chi connectivity index (χ4v) is 3.03. The lowest BCUT2D eigenvalue weighted by Gasteiger charge is -2.28. The van der Waals surface area contributed by atoms with Crippen molar-refractivity contribution >= 4 is 11.9 Å². The van der Waals surface area contributed by atoms with Crippen LogP contribution in [0.5, 0.6) is 0 Å². The van der Waals surface area contributed by atoms with Gasteiger partial charge in [0.2, 0.25) is 0 Å². The second kappa shape index (κ2) is 6.55. The van der Waals surface area contributed by atoms with Gasteiger partial charge in [0, 0.05) is 13.0 Å². The van der Waals surface area contributed by atoms with E-state index in [1.807, 2.05) is 66.7 Å². The number of carbonyl (C=O) groups excluding carboxylic acids is 2. The van der Waals surface area contributed by atoms with Crippen LogP contribution >= 0.6 is 0 Å². The molecule has 1 heterocycles. The Hall–Kier alpha value is -3.13. The Morgan fingerprint density at radius 1 is 0.958 bits per heavy atom. The molecule has 0 spiro atoms. The maximum Gasteiger partial charge on any atom is 0.325 e. The van der Waals surface area contributed by atoms with Gasteiger partial charge in [0.15, 0.2) is 5.54 Å². The molecule has 0 aliphatic carbocycles. The third-order valence-electron chi connectivity index (χ3n) is 4.19. The molecule has 2 aromatic carbocycles. The number of carbonyl (C=O) groups is 2. The molecule has 5 nitrogen and oxygen atoms in total. The topological polar surface area (TPSA) is 73.2 Å². The maximum absolute atomic E-state index is 13.2. The number of imide groups is 1. The number of unbranched alkanes of at least 4 members (excludes halogenated alkanes) is 1. The Kier molecular flexibility index (Phi) is 4.30. The fourth-order valence-electron chi connectivity index (χ4n) is 3.03.